The number of carbonyl (C=O) groups is 1. The molecule has 2 amide bonds. The summed E-state index contributed by atoms with van der Waals surface area (Å²) in [6, 6.07) is 5.65. The van der Waals surface area contributed by atoms with Gasteiger partial charge in [-0.2, -0.15) is 5.26 Å². The first-order chi connectivity index (χ1) is 9.60. The molecule has 1 fully saturated rings. The van der Waals surface area contributed by atoms with Gasteiger partial charge in [0.05, 0.1) is 11.6 Å². The van der Waals surface area contributed by atoms with Crippen molar-refractivity contribution in [2.45, 2.75) is 18.9 Å². The van der Waals surface area contributed by atoms with Crippen LogP contribution in [0.25, 0.3) is 0 Å². The number of nitriles is 1. The Hall–Kier alpha value is -2.29. The molecule has 2 heterocycles. The van der Waals surface area contributed by atoms with E-state index in [-0.39, 0.29) is 12.1 Å². The Morgan fingerprint density at radius 2 is 2.40 bits per heavy atom. The van der Waals surface area contributed by atoms with Gasteiger partial charge in [-0.25, -0.2) is 9.78 Å². The van der Waals surface area contributed by atoms with Crippen molar-refractivity contribution in [3.8, 4) is 6.07 Å². The predicted molar refractivity (Wildman–Crippen MR) is 76.4 cm³/mol. The summed E-state index contributed by atoms with van der Waals surface area (Å²) in [4.78, 5) is 19.7. The Morgan fingerprint density at radius 3 is 3.10 bits per heavy atom. The number of rotatable bonds is 2. The molecule has 0 radical (unpaired) electrons. The highest BCUT2D eigenvalue weighted by molar-refractivity contribution is 5.74. The molecule has 1 saturated heterocycles. The summed E-state index contributed by atoms with van der Waals surface area (Å²) in [6.45, 7) is 1.62. The molecule has 2 rings (SSSR count). The molecule has 106 valence electrons. The highest BCUT2D eigenvalue weighted by Crippen LogP contribution is 2.18. The topological polar surface area (TPSA) is 72.3 Å². The van der Waals surface area contributed by atoms with E-state index < -0.39 is 0 Å². The fourth-order valence-electron chi connectivity index (χ4n) is 2.27. The monoisotopic (exact) mass is 273 g/mol. The predicted octanol–water partition coefficient (Wildman–Crippen LogP) is 1.19. The van der Waals surface area contributed by atoms with Gasteiger partial charge in [0.1, 0.15) is 5.82 Å². The van der Waals surface area contributed by atoms with Gasteiger partial charge in [-0.3, -0.25) is 0 Å². The van der Waals surface area contributed by atoms with Crippen molar-refractivity contribution in [1.29, 1.82) is 5.26 Å². The van der Waals surface area contributed by atoms with Gasteiger partial charge in [0.2, 0.25) is 0 Å². The molecular weight excluding hydrogens is 254 g/mol. The summed E-state index contributed by atoms with van der Waals surface area (Å²) in [5, 5.41) is 11.9. The van der Waals surface area contributed by atoms with Gasteiger partial charge in [0.15, 0.2) is 0 Å². The van der Waals surface area contributed by atoms with Gasteiger partial charge in [-0.1, -0.05) is 0 Å². The van der Waals surface area contributed by atoms with Crippen LogP contribution in [-0.2, 0) is 0 Å². The molecule has 0 bridgehead atoms. The van der Waals surface area contributed by atoms with E-state index in [2.05, 4.69) is 21.3 Å². The molecule has 6 heteroatoms. The van der Waals surface area contributed by atoms with Crippen molar-refractivity contribution < 1.29 is 4.79 Å². The van der Waals surface area contributed by atoms with Gasteiger partial charge in [0, 0.05) is 39.4 Å². The van der Waals surface area contributed by atoms with Crippen LogP contribution in [0.1, 0.15) is 18.4 Å². The van der Waals surface area contributed by atoms with Crippen molar-refractivity contribution in [1.82, 2.24) is 15.2 Å². The van der Waals surface area contributed by atoms with Crippen molar-refractivity contribution in [3.05, 3.63) is 23.9 Å². The van der Waals surface area contributed by atoms with Gasteiger partial charge in [0.25, 0.3) is 0 Å². The second-order valence-electron chi connectivity index (χ2n) is 5.14. The summed E-state index contributed by atoms with van der Waals surface area (Å²) < 4.78 is 0. The van der Waals surface area contributed by atoms with E-state index in [1.165, 1.54) is 4.90 Å². The molecule has 0 saturated carbocycles. The number of urea groups is 1. The zero-order valence-corrected chi connectivity index (χ0v) is 11.8. The maximum atomic E-state index is 11.7. The van der Waals surface area contributed by atoms with Crippen LogP contribution in [-0.4, -0.2) is 49.1 Å². The van der Waals surface area contributed by atoms with Crippen LogP contribution in [0.15, 0.2) is 18.3 Å². The van der Waals surface area contributed by atoms with Crippen LogP contribution in [0.3, 0.4) is 0 Å². The first-order valence-electron chi connectivity index (χ1n) is 6.69. The van der Waals surface area contributed by atoms with E-state index in [0.29, 0.717) is 5.56 Å². The third-order valence-corrected chi connectivity index (χ3v) is 3.35. The lowest BCUT2D eigenvalue weighted by Crippen LogP contribution is -2.50. The standard InChI is InChI=1S/C14H19N5O/c1-18(2)14(20)17-12-4-3-7-19(10-12)13-8-11(9-15)5-6-16-13/h5-6,8,12H,3-4,7,10H2,1-2H3,(H,17,20). The Balaban J connectivity index is 2.03. The zero-order chi connectivity index (χ0) is 14.5. The SMILES string of the molecule is CN(C)C(=O)NC1CCCN(c2cc(C#N)ccn2)C1. The number of aromatic nitrogens is 1. The van der Waals surface area contributed by atoms with E-state index in [0.717, 1.165) is 31.7 Å². The van der Waals surface area contributed by atoms with E-state index in [4.69, 9.17) is 5.26 Å². The smallest absolute Gasteiger partial charge is 0.317 e. The largest absolute Gasteiger partial charge is 0.355 e. The van der Waals surface area contributed by atoms with Crippen molar-refractivity contribution in [2.24, 2.45) is 0 Å². The summed E-state index contributed by atoms with van der Waals surface area (Å²) in [5.74, 6) is 0.799. The summed E-state index contributed by atoms with van der Waals surface area (Å²) in [5.41, 5.74) is 0.606. The molecule has 0 aromatic carbocycles. The number of amides is 2. The Bertz CT molecular complexity index is 523. The maximum absolute atomic E-state index is 11.7. The molecule has 1 aliphatic heterocycles. The summed E-state index contributed by atoms with van der Waals surface area (Å²) >= 11 is 0. The molecule has 1 aromatic heterocycles. The first kappa shape index (κ1) is 14.1. The highest BCUT2D eigenvalue weighted by Gasteiger charge is 2.22. The first-order valence-corrected chi connectivity index (χ1v) is 6.69. The molecule has 1 aliphatic rings. The summed E-state index contributed by atoms with van der Waals surface area (Å²) in [7, 11) is 3.46. The average Bonchev–Trinajstić information content (AvgIpc) is 2.47. The molecular formula is C14H19N5O. The lowest BCUT2D eigenvalue weighted by atomic mass is 10.1. The molecule has 1 aromatic rings. The fourth-order valence-corrected chi connectivity index (χ4v) is 2.27. The number of hydrogen-bond donors (Lipinski definition) is 1. The van der Waals surface area contributed by atoms with Crippen LogP contribution in [0, 0.1) is 11.3 Å². The van der Waals surface area contributed by atoms with Gasteiger partial charge >= 0.3 is 6.03 Å². The minimum Gasteiger partial charge on any atom is -0.355 e. The highest BCUT2D eigenvalue weighted by atomic mass is 16.2. The van der Waals surface area contributed by atoms with Gasteiger partial charge in [-0.05, 0) is 25.0 Å². The third-order valence-electron chi connectivity index (χ3n) is 3.35. The number of hydrogen-bond acceptors (Lipinski definition) is 4. The molecule has 6 nitrogen and oxygen atoms in total. The molecule has 0 spiro atoms. The van der Waals surface area contributed by atoms with Crippen LogP contribution in [0.2, 0.25) is 0 Å². The molecule has 20 heavy (non-hydrogen) atoms. The normalized spacial score (nSPS) is 18.2. The maximum Gasteiger partial charge on any atom is 0.317 e. The van der Waals surface area contributed by atoms with Gasteiger partial charge in [-0.15, -0.1) is 0 Å². The van der Waals surface area contributed by atoms with Crippen molar-refractivity contribution >= 4 is 11.8 Å². The molecule has 1 atom stereocenters. The fraction of sp³-hybridized carbons (Fsp3) is 0.500. The number of anilines is 1. The number of pyridine rings is 1. The zero-order valence-electron chi connectivity index (χ0n) is 11.8. The van der Waals surface area contributed by atoms with Crippen LogP contribution in [0.4, 0.5) is 10.6 Å². The minimum absolute atomic E-state index is 0.0735. The molecule has 1 unspecified atom stereocenters. The third kappa shape index (κ3) is 3.38. The minimum atomic E-state index is -0.0735. The number of piperidine rings is 1. The van der Waals surface area contributed by atoms with Crippen LogP contribution in [0.5, 0.6) is 0 Å². The van der Waals surface area contributed by atoms with E-state index in [1.807, 2.05) is 0 Å². The van der Waals surface area contributed by atoms with Gasteiger partial charge < -0.3 is 15.1 Å². The Kier molecular flexibility index (Phi) is 4.41. The second kappa shape index (κ2) is 6.24. The number of nitrogens with one attached hydrogen (secondary N) is 1. The van der Waals surface area contributed by atoms with E-state index in [1.54, 1.807) is 32.4 Å². The van der Waals surface area contributed by atoms with Crippen molar-refractivity contribution in [2.75, 3.05) is 32.1 Å². The Labute approximate surface area is 119 Å². The number of carbonyl (C=O) groups excluding carboxylic acids is 1. The molecule has 1 N–H and O–H groups in total. The molecule has 0 aliphatic carbocycles. The van der Waals surface area contributed by atoms with E-state index in [9.17, 15) is 4.79 Å². The van der Waals surface area contributed by atoms with Crippen LogP contribution >= 0.6 is 0 Å². The Morgan fingerprint density at radius 1 is 1.60 bits per heavy atom. The lowest BCUT2D eigenvalue weighted by molar-refractivity contribution is 0.211. The summed E-state index contributed by atoms with van der Waals surface area (Å²) in [6.07, 6.45) is 3.61. The number of nitrogens with zero attached hydrogens (tertiary/aromatic N) is 4. The lowest BCUT2D eigenvalue weighted by Gasteiger charge is -2.34. The van der Waals surface area contributed by atoms with E-state index >= 15 is 0 Å². The average molecular weight is 273 g/mol. The second-order valence-corrected chi connectivity index (χ2v) is 5.14. The van der Waals surface area contributed by atoms with Crippen molar-refractivity contribution in [3.63, 3.8) is 0 Å². The van der Waals surface area contributed by atoms with Crippen LogP contribution < -0.4 is 10.2 Å². The quantitative estimate of drug-likeness (QED) is 0.878.